The van der Waals surface area contributed by atoms with Crippen molar-refractivity contribution in [1.29, 1.82) is 0 Å². The SMILES string of the molecule is CCCCCOC(=O)C(Br)C(=O)O. The van der Waals surface area contributed by atoms with E-state index in [2.05, 4.69) is 15.9 Å². The minimum atomic E-state index is -1.24. The number of halogens is 1. The lowest BCUT2D eigenvalue weighted by atomic mass is 10.3. The maximum Gasteiger partial charge on any atom is 0.331 e. The van der Waals surface area contributed by atoms with Crippen LogP contribution in [0.3, 0.4) is 0 Å². The molecule has 5 heteroatoms. The molecule has 0 aromatic carbocycles. The average molecular weight is 253 g/mol. The van der Waals surface area contributed by atoms with Crippen LogP contribution in [0.5, 0.6) is 0 Å². The Morgan fingerprint density at radius 1 is 1.46 bits per heavy atom. The Balaban J connectivity index is 3.56. The van der Waals surface area contributed by atoms with Crippen LogP contribution >= 0.6 is 15.9 Å². The number of alkyl halides is 1. The molecule has 76 valence electrons. The first-order valence-electron chi connectivity index (χ1n) is 4.13. The summed E-state index contributed by atoms with van der Waals surface area (Å²) in [5, 5.41) is 8.41. The smallest absolute Gasteiger partial charge is 0.331 e. The molecule has 0 aromatic heterocycles. The zero-order valence-corrected chi connectivity index (χ0v) is 9.04. The van der Waals surface area contributed by atoms with Crippen molar-refractivity contribution >= 4 is 27.9 Å². The van der Waals surface area contributed by atoms with Gasteiger partial charge in [0.25, 0.3) is 0 Å². The van der Waals surface area contributed by atoms with Gasteiger partial charge in [-0.1, -0.05) is 35.7 Å². The van der Waals surface area contributed by atoms with Gasteiger partial charge in [0.15, 0.2) is 0 Å². The second kappa shape index (κ2) is 6.88. The molecule has 1 N–H and O–H groups in total. The molecule has 0 fully saturated rings. The van der Waals surface area contributed by atoms with Crippen molar-refractivity contribution in [1.82, 2.24) is 0 Å². The lowest BCUT2D eigenvalue weighted by Crippen LogP contribution is -2.26. The van der Waals surface area contributed by atoms with Crippen LogP contribution in [0, 0.1) is 0 Å². The normalized spacial score (nSPS) is 12.2. The number of hydrogen-bond donors (Lipinski definition) is 1. The van der Waals surface area contributed by atoms with Crippen LogP contribution in [0.1, 0.15) is 26.2 Å². The molecule has 4 nitrogen and oxygen atoms in total. The number of ether oxygens (including phenoxy) is 1. The van der Waals surface area contributed by atoms with E-state index in [1.807, 2.05) is 6.92 Å². The first kappa shape index (κ1) is 12.4. The number of hydrogen-bond acceptors (Lipinski definition) is 3. The molecule has 0 amide bonds. The Hall–Kier alpha value is -0.580. The number of aliphatic carboxylic acids is 1. The van der Waals surface area contributed by atoms with E-state index in [1.54, 1.807) is 0 Å². The molecule has 0 aliphatic heterocycles. The van der Waals surface area contributed by atoms with Crippen molar-refractivity contribution < 1.29 is 19.4 Å². The molecule has 0 radical (unpaired) electrons. The Kier molecular flexibility index (Phi) is 6.58. The van der Waals surface area contributed by atoms with E-state index in [0.29, 0.717) is 6.61 Å². The maximum absolute atomic E-state index is 10.9. The molecular formula is C8H13BrO4. The molecule has 0 heterocycles. The molecule has 1 atom stereocenters. The molecular weight excluding hydrogens is 240 g/mol. The standard InChI is InChI=1S/C8H13BrO4/c1-2-3-4-5-13-8(12)6(9)7(10)11/h6H,2-5H2,1H3,(H,10,11). The quantitative estimate of drug-likeness (QED) is 0.338. The number of carboxylic acids is 1. The number of esters is 1. The van der Waals surface area contributed by atoms with Gasteiger partial charge in [0, 0.05) is 0 Å². The van der Waals surface area contributed by atoms with Gasteiger partial charge >= 0.3 is 11.9 Å². The predicted octanol–water partition coefficient (Wildman–Crippen LogP) is 1.57. The van der Waals surface area contributed by atoms with E-state index in [-0.39, 0.29) is 0 Å². The van der Waals surface area contributed by atoms with E-state index in [1.165, 1.54) is 0 Å². The van der Waals surface area contributed by atoms with Crippen LogP contribution in [-0.4, -0.2) is 28.5 Å². The minimum Gasteiger partial charge on any atom is -0.480 e. The second-order valence-electron chi connectivity index (χ2n) is 2.58. The number of carbonyl (C=O) groups excluding carboxylic acids is 1. The van der Waals surface area contributed by atoms with Gasteiger partial charge in [-0.25, -0.2) is 0 Å². The summed E-state index contributed by atoms with van der Waals surface area (Å²) in [6, 6.07) is 0. The van der Waals surface area contributed by atoms with Crippen molar-refractivity contribution in [3.63, 3.8) is 0 Å². The molecule has 0 aliphatic rings. The monoisotopic (exact) mass is 252 g/mol. The largest absolute Gasteiger partial charge is 0.480 e. The first-order valence-corrected chi connectivity index (χ1v) is 5.04. The molecule has 0 rings (SSSR count). The lowest BCUT2D eigenvalue weighted by molar-refractivity contribution is -0.150. The molecule has 1 unspecified atom stereocenters. The van der Waals surface area contributed by atoms with E-state index < -0.39 is 16.8 Å². The summed E-state index contributed by atoms with van der Waals surface area (Å²) in [5.41, 5.74) is 0. The molecule has 0 saturated carbocycles. The first-order chi connectivity index (χ1) is 6.09. The van der Waals surface area contributed by atoms with Gasteiger partial charge in [-0.05, 0) is 6.42 Å². The third kappa shape index (κ3) is 5.63. The average Bonchev–Trinajstić information content (AvgIpc) is 2.10. The molecule has 0 spiro atoms. The highest BCUT2D eigenvalue weighted by Gasteiger charge is 2.23. The number of carboxylic acid groups (broad SMARTS) is 1. The maximum atomic E-state index is 10.9. The van der Waals surface area contributed by atoms with Crippen LogP contribution in [0.2, 0.25) is 0 Å². The van der Waals surface area contributed by atoms with Gasteiger partial charge in [0.05, 0.1) is 6.61 Å². The number of rotatable bonds is 6. The summed E-state index contributed by atoms with van der Waals surface area (Å²) in [5.74, 6) is -1.95. The molecule has 0 aliphatic carbocycles. The summed E-state index contributed by atoms with van der Waals surface area (Å²) in [6.45, 7) is 2.33. The van der Waals surface area contributed by atoms with Crippen LogP contribution in [-0.2, 0) is 14.3 Å². The predicted molar refractivity (Wildman–Crippen MR) is 50.8 cm³/mol. The van der Waals surface area contributed by atoms with Crippen LogP contribution in [0.25, 0.3) is 0 Å². The van der Waals surface area contributed by atoms with E-state index in [0.717, 1.165) is 19.3 Å². The van der Waals surface area contributed by atoms with Crippen molar-refractivity contribution in [3.8, 4) is 0 Å². The van der Waals surface area contributed by atoms with Crippen molar-refractivity contribution in [3.05, 3.63) is 0 Å². The summed E-state index contributed by atoms with van der Waals surface area (Å²) < 4.78 is 4.70. The Bertz CT molecular complexity index is 181. The lowest BCUT2D eigenvalue weighted by Gasteiger charge is -2.05. The highest BCUT2D eigenvalue weighted by atomic mass is 79.9. The molecule has 0 bridgehead atoms. The van der Waals surface area contributed by atoms with Crippen LogP contribution in [0.4, 0.5) is 0 Å². The molecule has 13 heavy (non-hydrogen) atoms. The summed E-state index contributed by atoms with van der Waals surface area (Å²) in [6.07, 6.45) is 2.79. The summed E-state index contributed by atoms with van der Waals surface area (Å²) in [4.78, 5) is 19.9. The zero-order chi connectivity index (χ0) is 10.3. The van der Waals surface area contributed by atoms with Gasteiger partial charge in [0.2, 0.25) is 4.83 Å². The van der Waals surface area contributed by atoms with Gasteiger partial charge in [-0.3, -0.25) is 9.59 Å². The summed E-state index contributed by atoms with van der Waals surface area (Å²) >= 11 is 2.70. The highest BCUT2D eigenvalue weighted by molar-refractivity contribution is 9.10. The minimum absolute atomic E-state index is 0.294. The third-order valence-electron chi connectivity index (χ3n) is 1.42. The van der Waals surface area contributed by atoms with Gasteiger partial charge in [-0.2, -0.15) is 0 Å². The van der Waals surface area contributed by atoms with Crippen molar-refractivity contribution in [2.24, 2.45) is 0 Å². The highest BCUT2D eigenvalue weighted by Crippen LogP contribution is 2.03. The summed E-state index contributed by atoms with van der Waals surface area (Å²) in [7, 11) is 0. The van der Waals surface area contributed by atoms with Crippen molar-refractivity contribution in [2.45, 2.75) is 31.0 Å². The Morgan fingerprint density at radius 2 is 2.08 bits per heavy atom. The second-order valence-corrected chi connectivity index (χ2v) is 3.49. The Morgan fingerprint density at radius 3 is 2.54 bits per heavy atom. The van der Waals surface area contributed by atoms with E-state index in [9.17, 15) is 9.59 Å². The number of carbonyl (C=O) groups is 2. The fourth-order valence-corrected chi connectivity index (χ4v) is 0.831. The topological polar surface area (TPSA) is 63.6 Å². The third-order valence-corrected chi connectivity index (χ3v) is 2.18. The van der Waals surface area contributed by atoms with Crippen LogP contribution < -0.4 is 0 Å². The zero-order valence-electron chi connectivity index (χ0n) is 7.46. The molecule has 0 aromatic rings. The van der Waals surface area contributed by atoms with Gasteiger partial charge < -0.3 is 9.84 Å². The van der Waals surface area contributed by atoms with Crippen LogP contribution in [0.15, 0.2) is 0 Å². The van der Waals surface area contributed by atoms with E-state index in [4.69, 9.17) is 9.84 Å². The van der Waals surface area contributed by atoms with Crippen molar-refractivity contribution in [2.75, 3.05) is 6.61 Å². The van der Waals surface area contributed by atoms with E-state index >= 15 is 0 Å². The number of unbranched alkanes of at least 4 members (excludes halogenated alkanes) is 2. The molecule has 0 saturated heterocycles. The Labute approximate surface area is 85.4 Å². The fourth-order valence-electron chi connectivity index (χ4n) is 0.699. The van der Waals surface area contributed by atoms with Gasteiger partial charge in [-0.15, -0.1) is 0 Å². The fraction of sp³-hybridized carbons (Fsp3) is 0.750. The van der Waals surface area contributed by atoms with Gasteiger partial charge in [0.1, 0.15) is 0 Å².